The number of hydrogen-bond acceptors (Lipinski definition) is 8. The molecule has 0 fully saturated rings. The molecule has 0 amide bonds. The number of thiazole rings is 1. The van der Waals surface area contributed by atoms with Crippen molar-refractivity contribution in [2.45, 2.75) is 25.3 Å². The monoisotopic (exact) mass is 407 g/mol. The number of esters is 1. The Balaban J connectivity index is 1.54. The number of sulfonamides is 1. The van der Waals surface area contributed by atoms with Crippen molar-refractivity contribution in [3.63, 3.8) is 0 Å². The number of aromatic nitrogens is 2. The number of carbonyl (C=O) groups is 1. The van der Waals surface area contributed by atoms with Crippen LogP contribution in [0.2, 0.25) is 0 Å². The average molecular weight is 407 g/mol. The van der Waals surface area contributed by atoms with E-state index in [4.69, 9.17) is 9.26 Å². The normalized spacial score (nSPS) is 11.5. The SMILES string of the molecule is Cc1noc(C)c1S(=O)(=O)NCC(=O)OCc1csc(-c2ccccc2)n1. The van der Waals surface area contributed by atoms with Crippen LogP contribution >= 0.6 is 11.3 Å². The van der Waals surface area contributed by atoms with Gasteiger partial charge in [0.15, 0.2) is 5.76 Å². The second-order valence-corrected chi connectivity index (χ2v) is 8.21. The first-order chi connectivity index (χ1) is 12.9. The number of rotatable bonds is 7. The van der Waals surface area contributed by atoms with Crippen LogP contribution in [-0.4, -0.2) is 31.1 Å². The predicted molar refractivity (Wildman–Crippen MR) is 98.5 cm³/mol. The number of ether oxygens (including phenoxy) is 1. The molecule has 3 rings (SSSR count). The van der Waals surface area contributed by atoms with Crippen LogP contribution in [-0.2, 0) is 26.2 Å². The quantitative estimate of drug-likeness (QED) is 0.599. The van der Waals surface area contributed by atoms with Gasteiger partial charge in [0.2, 0.25) is 10.0 Å². The van der Waals surface area contributed by atoms with Crippen molar-refractivity contribution >= 4 is 27.3 Å². The molecule has 0 aliphatic rings. The zero-order valence-electron chi connectivity index (χ0n) is 14.6. The number of nitrogens with one attached hydrogen (secondary N) is 1. The molecule has 0 atom stereocenters. The van der Waals surface area contributed by atoms with Gasteiger partial charge < -0.3 is 9.26 Å². The van der Waals surface area contributed by atoms with Crippen molar-refractivity contribution in [3.05, 3.63) is 52.9 Å². The third-order valence-electron chi connectivity index (χ3n) is 3.60. The summed E-state index contributed by atoms with van der Waals surface area (Å²) in [5.41, 5.74) is 1.80. The van der Waals surface area contributed by atoms with Gasteiger partial charge in [-0.05, 0) is 13.8 Å². The van der Waals surface area contributed by atoms with Crippen LogP contribution in [0.15, 0.2) is 45.1 Å². The minimum atomic E-state index is -3.91. The summed E-state index contributed by atoms with van der Waals surface area (Å²) in [4.78, 5) is 16.2. The maximum Gasteiger partial charge on any atom is 0.321 e. The molecule has 142 valence electrons. The van der Waals surface area contributed by atoms with Crippen LogP contribution in [0.1, 0.15) is 17.1 Å². The minimum absolute atomic E-state index is 0.0325. The second-order valence-electron chi connectivity index (χ2n) is 5.65. The molecule has 0 radical (unpaired) electrons. The molecule has 2 heterocycles. The highest BCUT2D eigenvalue weighted by Gasteiger charge is 2.24. The summed E-state index contributed by atoms with van der Waals surface area (Å²) < 4.78 is 36.6. The van der Waals surface area contributed by atoms with Crippen LogP contribution in [0.5, 0.6) is 0 Å². The Hall–Kier alpha value is -2.56. The van der Waals surface area contributed by atoms with E-state index < -0.39 is 22.5 Å². The van der Waals surface area contributed by atoms with Gasteiger partial charge in [-0.2, -0.15) is 4.72 Å². The summed E-state index contributed by atoms with van der Waals surface area (Å²) in [6, 6.07) is 9.64. The zero-order valence-corrected chi connectivity index (χ0v) is 16.3. The minimum Gasteiger partial charge on any atom is -0.458 e. The van der Waals surface area contributed by atoms with E-state index in [1.807, 2.05) is 30.3 Å². The lowest BCUT2D eigenvalue weighted by atomic mass is 10.2. The summed E-state index contributed by atoms with van der Waals surface area (Å²) in [5.74, 6) is -0.552. The lowest BCUT2D eigenvalue weighted by Gasteiger charge is -2.06. The van der Waals surface area contributed by atoms with Gasteiger partial charge >= 0.3 is 5.97 Å². The number of carbonyl (C=O) groups excluding carboxylic acids is 1. The lowest BCUT2D eigenvalue weighted by molar-refractivity contribution is -0.143. The van der Waals surface area contributed by atoms with Crippen LogP contribution in [0.25, 0.3) is 10.6 Å². The molecule has 27 heavy (non-hydrogen) atoms. The molecule has 0 saturated carbocycles. The van der Waals surface area contributed by atoms with Gasteiger partial charge in [0.1, 0.15) is 28.7 Å². The van der Waals surface area contributed by atoms with E-state index in [0.29, 0.717) is 5.69 Å². The average Bonchev–Trinajstić information content (AvgIpc) is 3.26. The van der Waals surface area contributed by atoms with Crippen LogP contribution < -0.4 is 4.72 Å². The molecule has 0 unspecified atom stereocenters. The topological polar surface area (TPSA) is 111 Å². The van der Waals surface area contributed by atoms with Crippen molar-refractivity contribution in [3.8, 4) is 10.6 Å². The van der Waals surface area contributed by atoms with Gasteiger partial charge in [-0.3, -0.25) is 4.79 Å². The Labute approximate surface area is 160 Å². The van der Waals surface area contributed by atoms with E-state index in [1.54, 1.807) is 5.38 Å². The molecular formula is C17H17N3O5S2. The molecule has 10 heteroatoms. The maximum atomic E-state index is 12.2. The molecule has 0 aliphatic heterocycles. The molecule has 8 nitrogen and oxygen atoms in total. The molecule has 1 N–H and O–H groups in total. The smallest absolute Gasteiger partial charge is 0.321 e. The first-order valence-electron chi connectivity index (χ1n) is 7.95. The molecule has 0 aliphatic carbocycles. The molecule has 0 saturated heterocycles. The summed E-state index contributed by atoms with van der Waals surface area (Å²) in [6.07, 6.45) is 0. The summed E-state index contributed by atoms with van der Waals surface area (Å²) in [7, 11) is -3.91. The Bertz CT molecular complexity index is 1020. The molecule has 3 aromatic rings. The number of benzene rings is 1. The molecule has 1 aromatic carbocycles. The van der Waals surface area contributed by atoms with E-state index in [0.717, 1.165) is 10.6 Å². The number of hydrogen-bond donors (Lipinski definition) is 1. The third kappa shape index (κ3) is 4.59. The predicted octanol–water partition coefficient (Wildman–Crippen LogP) is 2.44. The first kappa shape index (κ1) is 19.2. The van der Waals surface area contributed by atoms with Gasteiger partial charge in [0, 0.05) is 10.9 Å². The fraction of sp³-hybridized carbons (Fsp3) is 0.235. The Morgan fingerprint density at radius 2 is 2.00 bits per heavy atom. The third-order valence-corrected chi connectivity index (χ3v) is 6.18. The van der Waals surface area contributed by atoms with Gasteiger partial charge in [-0.25, -0.2) is 13.4 Å². The van der Waals surface area contributed by atoms with E-state index in [1.165, 1.54) is 25.2 Å². The van der Waals surface area contributed by atoms with E-state index >= 15 is 0 Å². The summed E-state index contributed by atoms with van der Waals surface area (Å²) in [5, 5.41) is 6.21. The fourth-order valence-electron chi connectivity index (χ4n) is 2.38. The Morgan fingerprint density at radius 1 is 1.26 bits per heavy atom. The zero-order chi connectivity index (χ0) is 19.4. The largest absolute Gasteiger partial charge is 0.458 e. The molecule has 0 spiro atoms. The summed E-state index contributed by atoms with van der Waals surface area (Å²) >= 11 is 1.44. The lowest BCUT2D eigenvalue weighted by Crippen LogP contribution is -2.31. The van der Waals surface area contributed by atoms with Crippen molar-refractivity contribution in [2.75, 3.05) is 6.54 Å². The number of nitrogens with zero attached hydrogens (tertiary/aromatic N) is 2. The van der Waals surface area contributed by atoms with Gasteiger partial charge in [0.05, 0.1) is 5.69 Å². The van der Waals surface area contributed by atoms with E-state index in [-0.39, 0.29) is 23.0 Å². The van der Waals surface area contributed by atoms with E-state index in [2.05, 4.69) is 14.9 Å². The second kappa shape index (κ2) is 7.99. The highest BCUT2D eigenvalue weighted by atomic mass is 32.2. The van der Waals surface area contributed by atoms with Gasteiger partial charge in [-0.1, -0.05) is 35.5 Å². The van der Waals surface area contributed by atoms with Crippen molar-refractivity contribution in [1.29, 1.82) is 0 Å². The van der Waals surface area contributed by atoms with Crippen molar-refractivity contribution < 1.29 is 22.5 Å². The van der Waals surface area contributed by atoms with E-state index in [9.17, 15) is 13.2 Å². The van der Waals surface area contributed by atoms with Crippen molar-refractivity contribution in [2.24, 2.45) is 0 Å². The molecule has 2 aromatic heterocycles. The Morgan fingerprint density at radius 3 is 2.67 bits per heavy atom. The van der Waals surface area contributed by atoms with Crippen LogP contribution in [0.3, 0.4) is 0 Å². The number of aryl methyl sites for hydroxylation is 2. The molecule has 0 bridgehead atoms. The van der Waals surface area contributed by atoms with Crippen molar-refractivity contribution in [1.82, 2.24) is 14.9 Å². The highest BCUT2D eigenvalue weighted by Crippen LogP contribution is 2.23. The standard InChI is InChI=1S/C17H17N3O5S2/c1-11-16(12(2)25-20-11)27(22,23)18-8-15(21)24-9-14-10-26-17(19-14)13-6-4-3-5-7-13/h3-7,10,18H,8-9H2,1-2H3. The highest BCUT2D eigenvalue weighted by molar-refractivity contribution is 7.89. The Kier molecular flexibility index (Phi) is 5.68. The van der Waals surface area contributed by atoms with Crippen LogP contribution in [0, 0.1) is 13.8 Å². The van der Waals surface area contributed by atoms with Crippen LogP contribution in [0.4, 0.5) is 0 Å². The maximum absolute atomic E-state index is 12.2. The summed E-state index contributed by atoms with van der Waals surface area (Å²) in [6.45, 7) is 2.46. The fourth-order valence-corrected chi connectivity index (χ4v) is 4.48. The molecular weight excluding hydrogens is 390 g/mol. The first-order valence-corrected chi connectivity index (χ1v) is 10.3. The van der Waals surface area contributed by atoms with Gasteiger partial charge in [0.25, 0.3) is 0 Å². The van der Waals surface area contributed by atoms with Gasteiger partial charge in [-0.15, -0.1) is 11.3 Å².